The average Bonchev–Trinajstić information content (AvgIpc) is 2.05. The third kappa shape index (κ3) is 1.61. The van der Waals surface area contributed by atoms with Crippen molar-refractivity contribution in [2.24, 2.45) is 5.18 Å². The van der Waals surface area contributed by atoms with E-state index in [2.05, 4.69) is 5.18 Å². The van der Waals surface area contributed by atoms with E-state index in [1.165, 1.54) is 24.3 Å². The lowest BCUT2D eigenvalue weighted by Crippen LogP contribution is -1.93. The van der Waals surface area contributed by atoms with E-state index >= 15 is 0 Å². The number of benzene rings is 1. The van der Waals surface area contributed by atoms with Crippen LogP contribution in [0.5, 0.6) is 0 Å². The highest BCUT2D eigenvalue weighted by Crippen LogP contribution is 2.11. The highest BCUT2D eigenvalue weighted by molar-refractivity contribution is 5.87. The first kappa shape index (κ1) is 7.40. The third-order valence-electron chi connectivity index (χ3n) is 1.22. The maximum absolute atomic E-state index is 10.3. The van der Waals surface area contributed by atoms with Crippen LogP contribution in [0.15, 0.2) is 29.4 Å². The van der Waals surface area contributed by atoms with Crippen molar-refractivity contribution >= 4 is 11.7 Å². The summed E-state index contributed by atoms with van der Waals surface area (Å²) in [5, 5.41) is 11.1. The first-order chi connectivity index (χ1) is 5.24. The molecular weight excluding hydrogens is 146 g/mol. The zero-order chi connectivity index (χ0) is 8.27. The Balaban J connectivity index is 3.00. The van der Waals surface area contributed by atoms with Crippen molar-refractivity contribution < 1.29 is 9.90 Å². The molecular formula is C7H5NO3. The molecule has 1 rings (SSSR count). The summed E-state index contributed by atoms with van der Waals surface area (Å²) in [6, 6.07) is 5.38. The van der Waals surface area contributed by atoms with E-state index in [1.807, 2.05) is 0 Å². The second kappa shape index (κ2) is 2.92. The first-order valence-corrected chi connectivity index (χ1v) is 2.91. The number of carbonyl (C=O) groups is 1. The van der Waals surface area contributed by atoms with Crippen LogP contribution in [0, 0.1) is 4.91 Å². The summed E-state index contributed by atoms with van der Waals surface area (Å²) in [7, 11) is 0. The fourth-order valence-electron chi connectivity index (χ4n) is 0.665. The Morgan fingerprint density at radius 1 is 1.27 bits per heavy atom. The van der Waals surface area contributed by atoms with Crippen LogP contribution >= 0.6 is 0 Å². The fraction of sp³-hybridized carbons (Fsp3) is 0. The molecule has 56 valence electrons. The molecule has 4 heteroatoms. The smallest absolute Gasteiger partial charge is 0.335 e. The van der Waals surface area contributed by atoms with E-state index in [-0.39, 0.29) is 11.3 Å². The molecule has 0 radical (unpaired) electrons. The molecule has 0 aliphatic rings. The fourth-order valence-corrected chi connectivity index (χ4v) is 0.665. The van der Waals surface area contributed by atoms with Crippen LogP contribution in [0.2, 0.25) is 0 Å². The predicted octanol–water partition coefficient (Wildman–Crippen LogP) is 1.78. The summed E-state index contributed by atoms with van der Waals surface area (Å²) in [5.41, 5.74) is 0.382. The highest BCUT2D eigenvalue weighted by atomic mass is 16.4. The van der Waals surface area contributed by atoms with Crippen LogP contribution in [0.4, 0.5) is 5.69 Å². The van der Waals surface area contributed by atoms with Crippen LogP contribution in [0.1, 0.15) is 10.4 Å². The maximum atomic E-state index is 10.3. The molecule has 0 aliphatic carbocycles. The van der Waals surface area contributed by atoms with Gasteiger partial charge < -0.3 is 5.11 Å². The van der Waals surface area contributed by atoms with Gasteiger partial charge >= 0.3 is 5.97 Å². The van der Waals surface area contributed by atoms with Gasteiger partial charge in [-0.3, -0.25) is 0 Å². The molecule has 0 saturated carbocycles. The summed E-state index contributed by atoms with van der Waals surface area (Å²) in [6.45, 7) is 0. The van der Waals surface area contributed by atoms with Gasteiger partial charge in [0.2, 0.25) is 0 Å². The second-order valence-electron chi connectivity index (χ2n) is 1.94. The SMILES string of the molecule is O=Nc1ccc(C(=O)O)cc1. The summed E-state index contributed by atoms with van der Waals surface area (Å²) in [4.78, 5) is 20.2. The van der Waals surface area contributed by atoms with Crippen LogP contribution in [0.25, 0.3) is 0 Å². The summed E-state index contributed by atoms with van der Waals surface area (Å²) >= 11 is 0. The van der Waals surface area contributed by atoms with E-state index in [1.54, 1.807) is 0 Å². The molecule has 4 nitrogen and oxygen atoms in total. The number of hydrogen-bond acceptors (Lipinski definition) is 3. The Hall–Kier alpha value is -1.71. The number of carboxylic acids is 1. The Kier molecular flexibility index (Phi) is 1.96. The molecule has 0 aliphatic heterocycles. The minimum Gasteiger partial charge on any atom is -0.478 e. The molecule has 0 fully saturated rings. The van der Waals surface area contributed by atoms with Crippen LogP contribution in [-0.4, -0.2) is 11.1 Å². The van der Waals surface area contributed by atoms with Gasteiger partial charge in [0.05, 0.1) is 5.56 Å². The molecule has 0 aromatic heterocycles. The van der Waals surface area contributed by atoms with Gasteiger partial charge in [-0.15, -0.1) is 4.91 Å². The number of nitroso groups, excluding NO2 is 1. The topological polar surface area (TPSA) is 66.7 Å². The van der Waals surface area contributed by atoms with Gasteiger partial charge in [0.25, 0.3) is 0 Å². The van der Waals surface area contributed by atoms with Crippen molar-refractivity contribution in [2.75, 3.05) is 0 Å². The highest BCUT2D eigenvalue weighted by Gasteiger charge is 2.00. The van der Waals surface area contributed by atoms with Gasteiger partial charge in [0.15, 0.2) is 0 Å². The Morgan fingerprint density at radius 3 is 2.18 bits per heavy atom. The van der Waals surface area contributed by atoms with E-state index < -0.39 is 5.97 Å². The Labute approximate surface area is 62.4 Å². The quantitative estimate of drug-likeness (QED) is 0.655. The van der Waals surface area contributed by atoms with Gasteiger partial charge in [-0.05, 0) is 29.4 Å². The van der Waals surface area contributed by atoms with Crippen LogP contribution in [0.3, 0.4) is 0 Å². The number of hydrogen-bond donors (Lipinski definition) is 1. The second-order valence-corrected chi connectivity index (χ2v) is 1.94. The molecule has 1 aromatic rings. The van der Waals surface area contributed by atoms with Crippen LogP contribution < -0.4 is 0 Å². The van der Waals surface area contributed by atoms with Crippen LogP contribution in [-0.2, 0) is 0 Å². The van der Waals surface area contributed by atoms with E-state index in [9.17, 15) is 9.70 Å². The monoisotopic (exact) mass is 151 g/mol. The molecule has 0 atom stereocenters. The number of aromatic carboxylic acids is 1. The van der Waals surface area contributed by atoms with Gasteiger partial charge in [0.1, 0.15) is 5.69 Å². The third-order valence-corrected chi connectivity index (χ3v) is 1.22. The Morgan fingerprint density at radius 2 is 1.82 bits per heavy atom. The zero-order valence-electron chi connectivity index (χ0n) is 5.52. The number of carboxylic acid groups (broad SMARTS) is 1. The van der Waals surface area contributed by atoms with Gasteiger partial charge in [0, 0.05) is 0 Å². The Bertz CT molecular complexity index is 278. The van der Waals surface area contributed by atoms with Gasteiger partial charge in [-0.2, -0.15) is 0 Å². The van der Waals surface area contributed by atoms with E-state index in [0.29, 0.717) is 0 Å². The lowest BCUT2D eigenvalue weighted by Gasteiger charge is -1.91. The molecule has 0 amide bonds. The van der Waals surface area contributed by atoms with Crippen molar-refractivity contribution in [3.8, 4) is 0 Å². The zero-order valence-corrected chi connectivity index (χ0v) is 5.52. The summed E-state index contributed by atoms with van der Waals surface area (Å²) < 4.78 is 0. The minimum atomic E-state index is -1.01. The lowest BCUT2D eigenvalue weighted by molar-refractivity contribution is 0.0697. The average molecular weight is 151 g/mol. The molecule has 0 spiro atoms. The molecule has 11 heavy (non-hydrogen) atoms. The maximum Gasteiger partial charge on any atom is 0.335 e. The van der Waals surface area contributed by atoms with Crippen molar-refractivity contribution in [1.82, 2.24) is 0 Å². The lowest BCUT2D eigenvalue weighted by atomic mass is 10.2. The van der Waals surface area contributed by atoms with Gasteiger partial charge in [-0.25, -0.2) is 4.79 Å². The molecule has 0 unspecified atom stereocenters. The predicted molar refractivity (Wildman–Crippen MR) is 38.9 cm³/mol. The van der Waals surface area contributed by atoms with E-state index in [4.69, 9.17) is 5.11 Å². The standard InChI is InChI=1S/C7H5NO3/c9-7(10)5-1-3-6(8-11)4-2-5/h1-4H,(H,9,10). The van der Waals surface area contributed by atoms with Crippen molar-refractivity contribution in [1.29, 1.82) is 0 Å². The van der Waals surface area contributed by atoms with Crippen molar-refractivity contribution in [3.63, 3.8) is 0 Å². The first-order valence-electron chi connectivity index (χ1n) is 2.91. The van der Waals surface area contributed by atoms with Gasteiger partial charge in [-0.1, -0.05) is 0 Å². The van der Waals surface area contributed by atoms with Crippen molar-refractivity contribution in [3.05, 3.63) is 34.7 Å². The molecule has 1 N–H and O–H groups in total. The molecule has 0 heterocycles. The molecule has 0 saturated heterocycles. The normalized spacial score (nSPS) is 9.09. The number of nitrogens with zero attached hydrogens (tertiary/aromatic N) is 1. The van der Waals surface area contributed by atoms with E-state index in [0.717, 1.165) is 0 Å². The molecule has 1 aromatic carbocycles. The van der Waals surface area contributed by atoms with Crippen molar-refractivity contribution in [2.45, 2.75) is 0 Å². The largest absolute Gasteiger partial charge is 0.478 e. The summed E-state index contributed by atoms with van der Waals surface area (Å²) in [6.07, 6.45) is 0. The minimum absolute atomic E-state index is 0.150. The number of rotatable bonds is 2. The summed E-state index contributed by atoms with van der Waals surface area (Å²) in [5.74, 6) is -1.01. The molecule has 0 bridgehead atoms.